The summed E-state index contributed by atoms with van der Waals surface area (Å²) >= 11 is 0. The molecule has 3 fully saturated rings. The molecule has 0 radical (unpaired) electrons. The first kappa shape index (κ1) is 26.5. The Labute approximate surface area is 235 Å². The Balaban J connectivity index is 1.23. The number of piperidine rings is 2. The Hall–Kier alpha value is -3.69. The zero-order valence-electron chi connectivity index (χ0n) is 23.4. The summed E-state index contributed by atoms with van der Waals surface area (Å²) in [6.07, 6.45) is 11.8. The number of hydrogen-bond donors (Lipinski definition) is 1. The van der Waals surface area contributed by atoms with E-state index in [-0.39, 0.29) is 29.3 Å². The van der Waals surface area contributed by atoms with Crippen molar-refractivity contribution in [3.63, 3.8) is 0 Å². The molecule has 4 atom stereocenters. The highest BCUT2D eigenvalue weighted by atomic mass is 16.4. The smallest absolute Gasteiger partial charge is 0.339 e. The average Bonchev–Trinajstić information content (AvgIpc) is 3.41. The van der Waals surface area contributed by atoms with Gasteiger partial charge in [-0.15, -0.1) is 5.10 Å². The van der Waals surface area contributed by atoms with Crippen LogP contribution in [0.3, 0.4) is 0 Å². The molecule has 1 saturated carbocycles. The Morgan fingerprint density at radius 3 is 2.75 bits per heavy atom. The second kappa shape index (κ2) is 11.1. The van der Waals surface area contributed by atoms with Gasteiger partial charge in [0, 0.05) is 56.7 Å². The van der Waals surface area contributed by atoms with Gasteiger partial charge < -0.3 is 14.9 Å². The number of carbonyl (C=O) groups excluding carboxylic acids is 1. The van der Waals surface area contributed by atoms with Crippen molar-refractivity contribution in [3.05, 3.63) is 59.2 Å². The zero-order valence-corrected chi connectivity index (χ0v) is 23.4. The van der Waals surface area contributed by atoms with E-state index in [1.165, 1.54) is 18.2 Å². The number of nitrogens with zero attached hydrogens (tertiary/aromatic N) is 7. The minimum atomic E-state index is -0.970. The molecule has 0 spiro atoms. The lowest BCUT2D eigenvalue weighted by Gasteiger charge is -2.41. The van der Waals surface area contributed by atoms with E-state index in [0.29, 0.717) is 18.3 Å². The van der Waals surface area contributed by atoms with Gasteiger partial charge in [0.15, 0.2) is 0 Å². The SMILES string of the molecule is CCCC1CCCCN1C(=O)N1CCCC(c2cccc(-n3ncc(C(=O)O)c3[C@@H]3C[C@H]3c3cn(C)nn3)c2)C1. The van der Waals surface area contributed by atoms with E-state index >= 15 is 0 Å². The third kappa shape index (κ3) is 5.11. The van der Waals surface area contributed by atoms with E-state index in [1.807, 2.05) is 25.4 Å². The number of benzene rings is 1. The summed E-state index contributed by atoms with van der Waals surface area (Å²) in [7, 11) is 1.84. The molecule has 6 rings (SSSR count). The third-order valence-corrected chi connectivity index (χ3v) is 8.95. The van der Waals surface area contributed by atoms with Crippen LogP contribution >= 0.6 is 0 Å². The summed E-state index contributed by atoms with van der Waals surface area (Å²) in [5, 5.41) is 22.8. The highest BCUT2D eigenvalue weighted by Gasteiger charge is 2.46. The molecule has 40 heavy (non-hydrogen) atoms. The summed E-state index contributed by atoms with van der Waals surface area (Å²) < 4.78 is 3.47. The van der Waals surface area contributed by atoms with Gasteiger partial charge >= 0.3 is 12.0 Å². The lowest BCUT2D eigenvalue weighted by molar-refractivity contribution is 0.0695. The van der Waals surface area contributed by atoms with Crippen LogP contribution < -0.4 is 0 Å². The normalized spacial score (nSPS) is 24.8. The Morgan fingerprint density at radius 2 is 1.98 bits per heavy atom. The Morgan fingerprint density at radius 1 is 1.10 bits per heavy atom. The molecule has 1 aromatic carbocycles. The molecule has 2 amide bonds. The molecule has 2 aliphatic heterocycles. The first-order valence-electron chi connectivity index (χ1n) is 14.8. The van der Waals surface area contributed by atoms with Crippen molar-refractivity contribution < 1.29 is 14.7 Å². The minimum absolute atomic E-state index is 0.0253. The molecule has 3 aromatic rings. The van der Waals surface area contributed by atoms with E-state index in [1.54, 1.807) is 9.36 Å². The number of carbonyl (C=O) groups is 2. The second-order valence-corrected chi connectivity index (χ2v) is 11.7. The van der Waals surface area contributed by atoms with Gasteiger partial charge in [0.05, 0.1) is 23.3 Å². The van der Waals surface area contributed by atoms with Crippen LogP contribution in [-0.2, 0) is 7.05 Å². The molecular formula is C30H39N7O3. The Bertz CT molecular complexity index is 1380. The van der Waals surface area contributed by atoms with Crippen LogP contribution in [0, 0.1) is 0 Å². The fraction of sp³-hybridized carbons (Fsp3) is 0.567. The maximum Gasteiger partial charge on any atom is 0.339 e. The summed E-state index contributed by atoms with van der Waals surface area (Å²) in [5.41, 5.74) is 3.85. The van der Waals surface area contributed by atoms with Crippen LogP contribution in [0.1, 0.15) is 103 Å². The van der Waals surface area contributed by atoms with Crippen molar-refractivity contribution in [1.82, 2.24) is 34.6 Å². The van der Waals surface area contributed by atoms with E-state index in [4.69, 9.17) is 0 Å². The van der Waals surface area contributed by atoms with Crippen molar-refractivity contribution >= 4 is 12.0 Å². The highest BCUT2D eigenvalue weighted by molar-refractivity contribution is 5.89. The number of likely N-dealkylation sites (tertiary alicyclic amines) is 2. The van der Waals surface area contributed by atoms with Crippen LogP contribution in [0.15, 0.2) is 36.7 Å². The third-order valence-electron chi connectivity index (χ3n) is 8.95. The van der Waals surface area contributed by atoms with Gasteiger partial charge in [-0.05, 0) is 62.6 Å². The molecule has 2 unspecified atom stereocenters. The van der Waals surface area contributed by atoms with Crippen LogP contribution in [0.4, 0.5) is 4.79 Å². The molecule has 1 aliphatic carbocycles. The number of urea groups is 1. The summed E-state index contributed by atoms with van der Waals surface area (Å²) in [6, 6.07) is 8.82. The first-order chi connectivity index (χ1) is 19.4. The summed E-state index contributed by atoms with van der Waals surface area (Å²) in [5.74, 6) is -0.576. The maximum absolute atomic E-state index is 13.6. The van der Waals surface area contributed by atoms with Crippen LogP contribution in [0.5, 0.6) is 0 Å². The maximum atomic E-state index is 13.6. The van der Waals surface area contributed by atoms with Crippen LogP contribution in [0.2, 0.25) is 0 Å². The van der Waals surface area contributed by atoms with Gasteiger partial charge in [-0.2, -0.15) is 5.10 Å². The molecule has 2 aromatic heterocycles. The number of carboxylic acid groups (broad SMARTS) is 1. The van der Waals surface area contributed by atoms with E-state index in [9.17, 15) is 14.7 Å². The van der Waals surface area contributed by atoms with Gasteiger partial charge in [-0.25, -0.2) is 14.3 Å². The molecule has 0 bridgehead atoms. The molecule has 1 N–H and O–H groups in total. The number of amides is 2. The van der Waals surface area contributed by atoms with E-state index in [0.717, 1.165) is 69.4 Å². The lowest BCUT2D eigenvalue weighted by atomic mass is 9.90. The zero-order chi connectivity index (χ0) is 27.8. The number of carboxylic acids is 1. The van der Waals surface area contributed by atoms with Gasteiger partial charge in [0.1, 0.15) is 5.56 Å². The number of rotatable bonds is 7. The van der Waals surface area contributed by atoms with Crippen LogP contribution in [0.25, 0.3) is 5.69 Å². The quantitative estimate of drug-likeness (QED) is 0.451. The van der Waals surface area contributed by atoms with Crippen LogP contribution in [-0.4, -0.2) is 77.4 Å². The summed E-state index contributed by atoms with van der Waals surface area (Å²) in [6.45, 7) is 4.58. The Kier molecular flexibility index (Phi) is 7.33. The molecule has 10 heteroatoms. The number of aryl methyl sites for hydroxylation is 1. The molecular weight excluding hydrogens is 506 g/mol. The van der Waals surface area contributed by atoms with Gasteiger partial charge in [0.25, 0.3) is 0 Å². The second-order valence-electron chi connectivity index (χ2n) is 11.7. The van der Waals surface area contributed by atoms with Crippen molar-refractivity contribution in [2.75, 3.05) is 19.6 Å². The minimum Gasteiger partial charge on any atom is -0.478 e. The van der Waals surface area contributed by atoms with Crippen molar-refractivity contribution in [3.8, 4) is 5.69 Å². The largest absolute Gasteiger partial charge is 0.478 e. The van der Waals surface area contributed by atoms with Gasteiger partial charge in [-0.1, -0.05) is 30.7 Å². The monoisotopic (exact) mass is 545 g/mol. The van der Waals surface area contributed by atoms with Gasteiger partial charge in [-0.3, -0.25) is 4.68 Å². The van der Waals surface area contributed by atoms with Gasteiger partial charge in [0.2, 0.25) is 0 Å². The molecule has 3 aliphatic rings. The molecule has 2 saturated heterocycles. The van der Waals surface area contributed by atoms with Crippen molar-refractivity contribution in [1.29, 1.82) is 0 Å². The van der Waals surface area contributed by atoms with Crippen molar-refractivity contribution in [2.45, 2.75) is 82.1 Å². The molecule has 212 valence electrons. The fourth-order valence-corrected chi connectivity index (χ4v) is 6.85. The molecule has 10 nitrogen and oxygen atoms in total. The highest BCUT2D eigenvalue weighted by Crippen LogP contribution is 2.55. The van der Waals surface area contributed by atoms with Crippen molar-refractivity contribution in [2.24, 2.45) is 7.05 Å². The number of hydrogen-bond acceptors (Lipinski definition) is 5. The summed E-state index contributed by atoms with van der Waals surface area (Å²) in [4.78, 5) is 29.9. The number of aromatic nitrogens is 5. The molecule has 4 heterocycles. The average molecular weight is 546 g/mol. The standard InChI is InChI=1S/C30H39N7O3/c1-3-8-22-11-4-5-14-36(22)30(40)35-13-7-10-21(18-35)20-9-6-12-23(15-20)37-28(26(17-31-37)29(38)39)25-16-24(25)27-19-34(2)33-32-27/h6,9,12,15,17,19,21-22,24-25H,3-5,7-8,10-11,13-14,16,18H2,1-2H3,(H,38,39)/t21?,22?,24-,25-/m1/s1. The fourth-order valence-electron chi connectivity index (χ4n) is 6.85. The van der Waals surface area contributed by atoms with E-state index in [2.05, 4.69) is 44.3 Å². The predicted molar refractivity (Wildman–Crippen MR) is 150 cm³/mol. The predicted octanol–water partition coefficient (Wildman–Crippen LogP) is 4.92. The first-order valence-corrected chi connectivity index (χ1v) is 14.8. The lowest BCUT2D eigenvalue weighted by Crippen LogP contribution is -2.52. The topological polar surface area (TPSA) is 109 Å². The van der Waals surface area contributed by atoms with E-state index < -0.39 is 5.97 Å². The number of aromatic carboxylic acids is 1.